The maximum atomic E-state index is 12.4. The molecule has 2 amide bonds. The van der Waals surface area contributed by atoms with Crippen LogP contribution in [0.4, 0.5) is 11.4 Å². The number of nitrogens with zero attached hydrogens (tertiary/aromatic N) is 2. The fraction of sp³-hybridized carbons (Fsp3) is 0.0714. The number of fused-ring (bicyclic) bond motifs is 1. The van der Waals surface area contributed by atoms with Gasteiger partial charge in [0.2, 0.25) is 5.91 Å². The molecule has 0 unspecified atom stereocenters. The van der Waals surface area contributed by atoms with Gasteiger partial charge in [0.25, 0.3) is 5.91 Å². The molecule has 19 heavy (non-hydrogen) atoms. The molecule has 0 saturated heterocycles. The number of hydrogen-bond acceptors (Lipinski definition) is 3. The van der Waals surface area contributed by atoms with E-state index in [4.69, 9.17) is 0 Å². The standard InChI is InChI=1S/C14H11N3O2/c18-13-9-17(12-4-2-1-3-11(12)16-13)14(19)10-5-7-15-8-6-10/h1-8H,9H2,(H,16,18). The lowest BCUT2D eigenvalue weighted by Gasteiger charge is -2.29. The highest BCUT2D eigenvalue weighted by Crippen LogP contribution is 2.29. The Labute approximate surface area is 109 Å². The van der Waals surface area contributed by atoms with Crippen molar-refractivity contribution in [3.63, 3.8) is 0 Å². The lowest BCUT2D eigenvalue weighted by molar-refractivity contribution is -0.115. The number of benzene rings is 1. The van der Waals surface area contributed by atoms with Gasteiger partial charge >= 0.3 is 0 Å². The first-order valence-corrected chi connectivity index (χ1v) is 5.86. The summed E-state index contributed by atoms with van der Waals surface area (Å²) in [7, 11) is 0. The average molecular weight is 253 g/mol. The summed E-state index contributed by atoms with van der Waals surface area (Å²) < 4.78 is 0. The minimum atomic E-state index is -0.204. The number of para-hydroxylation sites is 2. The predicted molar refractivity (Wildman–Crippen MR) is 71.0 cm³/mol. The van der Waals surface area contributed by atoms with Gasteiger partial charge in [0.1, 0.15) is 6.54 Å². The summed E-state index contributed by atoms with van der Waals surface area (Å²) in [5.41, 5.74) is 1.88. The SMILES string of the molecule is O=C1CN(C(=O)c2ccncc2)c2ccccc2N1. The maximum Gasteiger partial charge on any atom is 0.258 e. The quantitative estimate of drug-likeness (QED) is 0.841. The summed E-state index contributed by atoms with van der Waals surface area (Å²) in [6.45, 7) is 0.0260. The molecule has 0 aliphatic carbocycles. The predicted octanol–water partition coefficient (Wildman–Crippen LogP) is 1.68. The zero-order valence-electron chi connectivity index (χ0n) is 10.0. The van der Waals surface area contributed by atoms with E-state index in [1.54, 1.807) is 30.6 Å². The van der Waals surface area contributed by atoms with Crippen molar-refractivity contribution >= 4 is 23.2 Å². The van der Waals surface area contributed by atoms with E-state index in [9.17, 15) is 9.59 Å². The van der Waals surface area contributed by atoms with E-state index in [1.807, 2.05) is 18.2 Å². The molecule has 5 heteroatoms. The van der Waals surface area contributed by atoms with Gasteiger partial charge in [-0.15, -0.1) is 0 Å². The first-order chi connectivity index (χ1) is 9.25. The van der Waals surface area contributed by atoms with Crippen molar-refractivity contribution in [2.24, 2.45) is 0 Å². The number of anilines is 2. The molecule has 5 nitrogen and oxygen atoms in total. The molecule has 0 bridgehead atoms. The number of amides is 2. The molecule has 0 radical (unpaired) electrons. The molecule has 1 aliphatic heterocycles. The van der Waals surface area contributed by atoms with Crippen LogP contribution in [0.25, 0.3) is 0 Å². The van der Waals surface area contributed by atoms with Crippen molar-refractivity contribution in [1.82, 2.24) is 4.98 Å². The molecule has 0 atom stereocenters. The van der Waals surface area contributed by atoms with Gasteiger partial charge < -0.3 is 5.32 Å². The van der Waals surface area contributed by atoms with Gasteiger partial charge in [0.05, 0.1) is 11.4 Å². The molecule has 1 aliphatic rings. The smallest absolute Gasteiger partial charge is 0.258 e. The number of pyridine rings is 1. The zero-order valence-corrected chi connectivity index (χ0v) is 10.0. The molecule has 2 aromatic rings. The van der Waals surface area contributed by atoms with Crippen molar-refractivity contribution in [2.45, 2.75) is 0 Å². The second-order valence-electron chi connectivity index (χ2n) is 4.19. The summed E-state index contributed by atoms with van der Waals surface area (Å²) in [6, 6.07) is 10.5. The van der Waals surface area contributed by atoms with Crippen LogP contribution in [-0.4, -0.2) is 23.3 Å². The molecule has 1 N–H and O–H groups in total. The number of nitrogens with one attached hydrogen (secondary N) is 1. The summed E-state index contributed by atoms with van der Waals surface area (Å²) in [5, 5.41) is 2.75. The third-order valence-corrected chi connectivity index (χ3v) is 2.94. The molecule has 1 aromatic heterocycles. The van der Waals surface area contributed by atoms with E-state index in [0.29, 0.717) is 16.9 Å². The summed E-state index contributed by atoms with van der Waals surface area (Å²) in [4.78, 5) is 29.4. The summed E-state index contributed by atoms with van der Waals surface area (Å²) >= 11 is 0. The topological polar surface area (TPSA) is 62.3 Å². The molecule has 0 spiro atoms. The van der Waals surface area contributed by atoms with Crippen LogP contribution in [-0.2, 0) is 4.79 Å². The minimum absolute atomic E-state index is 0.0260. The van der Waals surface area contributed by atoms with Crippen molar-refractivity contribution in [1.29, 1.82) is 0 Å². The Kier molecular flexibility index (Phi) is 2.72. The third-order valence-electron chi connectivity index (χ3n) is 2.94. The van der Waals surface area contributed by atoms with Crippen LogP contribution in [0.15, 0.2) is 48.8 Å². The van der Waals surface area contributed by atoms with Gasteiger partial charge in [-0.1, -0.05) is 12.1 Å². The van der Waals surface area contributed by atoms with Gasteiger partial charge in [0.15, 0.2) is 0 Å². The fourth-order valence-electron chi connectivity index (χ4n) is 2.06. The van der Waals surface area contributed by atoms with Crippen molar-refractivity contribution in [2.75, 3.05) is 16.8 Å². The first-order valence-electron chi connectivity index (χ1n) is 5.86. The average Bonchev–Trinajstić information content (AvgIpc) is 2.46. The Morgan fingerprint density at radius 2 is 1.89 bits per heavy atom. The number of carbonyl (C=O) groups is 2. The molecular formula is C14H11N3O2. The molecule has 0 fully saturated rings. The van der Waals surface area contributed by atoms with E-state index in [2.05, 4.69) is 10.3 Å². The highest BCUT2D eigenvalue weighted by molar-refractivity contribution is 6.15. The first kappa shape index (κ1) is 11.4. The lowest BCUT2D eigenvalue weighted by Crippen LogP contribution is -2.42. The van der Waals surface area contributed by atoms with Gasteiger partial charge in [-0.25, -0.2) is 0 Å². The van der Waals surface area contributed by atoms with Crippen molar-refractivity contribution < 1.29 is 9.59 Å². The minimum Gasteiger partial charge on any atom is -0.323 e. The number of rotatable bonds is 1. The van der Waals surface area contributed by atoms with Crippen molar-refractivity contribution in [3.8, 4) is 0 Å². The Morgan fingerprint density at radius 3 is 2.68 bits per heavy atom. The molecule has 2 heterocycles. The van der Waals surface area contributed by atoms with E-state index < -0.39 is 0 Å². The van der Waals surface area contributed by atoms with E-state index in [0.717, 1.165) is 0 Å². The molecule has 3 rings (SSSR count). The second kappa shape index (κ2) is 4.53. The third kappa shape index (κ3) is 2.06. The number of carbonyl (C=O) groups excluding carboxylic acids is 2. The zero-order chi connectivity index (χ0) is 13.2. The highest BCUT2D eigenvalue weighted by Gasteiger charge is 2.27. The maximum absolute atomic E-state index is 12.4. The summed E-state index contributed by atoms with van der Waals surface area (Å²) in [5.74, 6) is -0.397. The Hall–Kier alpha value is -2.69. The lowest BCUT2D eigenvalue weighted by atomic mass is 10.1. The van der Waals surface area contributed by atoms with E-state index in [1.165, 1.54) is 4.90 Å². The monoisotopic (exact) mass is 253 g/mol. The molecular weight excluding hydrogens is 242 g/mol. The number of aromatic nitrogens is 1. The van der Waals surface area contributed by atoms with Crippen LogP contribution >= 0.6 is 0 Å². The number of hydrogen-bond donors (Lipinski definition) is 1. The molecule has 0 saturated carbocycles. The van der Waals surface area contributed by atoms with Crippen LogP contribution < -0.4 is 10.2 Å². The second-order valence-corrected chi connectivity index (χ2v) is 4.19. The van der Waals surface area contributed by atoms with E-state index >= 15 is 0 Å². The van der Waals surface area contributed by atoms with Gasteiger partial charge in [-0.3, -0.25) is 19.5 Å². The van der Waals surface area contributed by atoms with Crippen LogP contribution in [0.5, 0.6) is 0 Å². The van der Waals surface area contributed by atoms with Crippen LogP contribution in [0.1, 0.15) is 10.4 Å². The van der Waals surface area contributed by atoms with Crippen LogP contribution in [0.2, 0.25) is 0 Å². The van der Waals surface area contributed by atoms with Gasteiger partial charge in [0, 0.05) is 18.0 Å². The summed E-state index contributed by atoms with van der Waals surface area (Å²) in [6.07, 6.45) is 3.12. The highest BCUT2D eigenvalue weighted by atomic mass is 16.2. The van der Waals surface area contributed by atoms with E-state index in [-0.39, 0.29) is 18.4 Å². The Bertz CT molecular complexity index is 640. The Balaban J connectivity index is 2.02. The van der Waals surface area contributed by atoms with Crippen LogP contribution in [0, 0.1) is 0 Å². The Morgan fingerprint density at radius 1 is 1.16 bits per heavy atom. The fourth-order valence-corrected chi connectivity index (χ4v) is 2.06. The van der Waals surface area contributed by atoms with Gasteiger partial charge in [-0.2, -0.15) is 0 Å². The van der Waals surface area contributed by atoms with Crippen molar-refractivity contribution in [3.05, 3.63) is 54.4 Å². The largest absolute Gasteiger partial charge is 0.323 e. The molecule has 1 aromatic carbocycles. The van der Waals surface area contributed by atoms with Crippen LogP contribution in [0.3, 0.4) is 0 Å². The molecule has 94 valence electrons. The normalized spacial score (nSPS) is 13.7. The van der Waals surface area contributed by atoms with Gasteiger partial charge in [-0.05, 0) is 24.3 Å².